The van der Waals surface area contributed by atoms with Crippen molar-refractivity contribution in [3.63, 3.8) is 0 Å². The lowest BCUT2D eigenvalue weighted by molar-refractivity contribution is -0.120. The summed E-state index contributed by atoms with van der Waals surface area (Å²) < 4.78 is 5.79. The number of anilines is 2. The van der Waals surface area contributed by atoms with Crippen LogP contribution in [0.2, 0.25) is 5.02 Å². The summed E-state index contributed by atoms with van der Waals surface area (Å²) in [6, 6.07) is 13.3. The van der Waals surface area contributed by atoms with Gasteiger partial charge in [0.25, 0.3) is 5.88 Å². The van der Waals surface area contributed by atoms with E-state index < -0.39 is 0 Å². The molecular weight excluding hydrogens is 400 g/mol. The lowest BCUT2D eigenvalue weighted by Crippen LogP contribution is -2.41. The largest absolute Gasteiger partial charge is 0.475 e. The Bertz CT molecular complexity index is 1070. The Labute approximate surface area is 181 Å². The summed E-state index contributed by atoms with van der Waals surface area (Å²) in [6.07, 6.45) is 1.72. The molecule has 0 spiro atoms. The molecule has 7 heteroatoms. The van der Waals surface area contributed by atoms with Gasteiger partial charge in [-0.05, 0) is 56.5 Å². The average molecular weight is 425 g/mol. The third kappa shape index (κ3) is 4.33. The Hall–Kier alpha value is -2.86. The lowest BCUT2D eigenvalue weighted by Gasteiger charge is -2.33. The Kier molecular flexibility index (Phi) is 6.04. The van der Waals surface area contributed by atoms with E-state index in [1.165, 1.54) is 0 Å². The molecule has 1 fully saturated rings. The minimum absolute atomic E-state index is 0.00299. The molecule has 156 valence electrons. The van der Waals surface area contributed by atoms with Crippen LogP contribution in [0.4, 0.5) is 11.5 Å². The van der Waals surface area contributed by atoms with E-state index in [1.807, 2.05) is 50.2 Å². The number of carbonyl (C=O) groups excluding carboxylic acids is 1. The van der Waals surface area contributed by atoms with Gasteiger partial charge in [0.1, 0.15) is 0 Å². The van der Waals surface area contributed by atoms with Crippen LogP contribution in [0.1, 0.15) is 25.3 Å². The lowest BCUT2D eigenvalue weighted by atomic mass is 9.97. The number of nitrogens with one attached hydrogen (secondary N) is 1. The fourth-order valence-electron chi connectivity index (χ4n) is 3.76. The van der Waals surface area contributed by atoms with Crippen molar-refractivity contribution in [2.24, 2.45) is 5.92 Å². The molecule has 0 saturated carbocycles. The average Bonchev–Trinajstić information content (AvgIpc) is 2.76. The van der Waals surface area contributed by atoms with Crippen molar-refractivity contribution in [2.75, 3.05) is 29.9 Å². The summed E-state index contributed by atoms with van der Waals surface area (Å²) >= 11 is 6.10. The Morgan fingerprint density at radius 1 is 1.23 bits per heavy atom. The molecular formula is C23H25ClN4O2. The second-order valence-corrected chi connectivity index (χ2v) is 7.94. The summed E-state index contributed by atoms with van der Waals surface area (Å²) in [5, 5.41) is 3.65. The van der Waals surface area contributed by atoms with E-state index >= 15 is 0 Å². The van der Waals surface area contributed by atoms with Crippen molar-refractivity contribution in [1.82, 2.24) is 9.97 Å². The van der Waals surface area contributed by atoms with Gasteiger partial charge in [-0.2, -0.15) is 0 Å². The number of para-hydroxylation sites is 2. The van der Waals surface area contributed by atoms with Gasteiger partial charge in [-0.3, -0.25) is 4.79 Å². The number of halogens is 1. The number of ether oxygens (including phenoxy) is 1. The minimum atomic E-state index is -0.153. The van der Waals surface area contributed by atoms with Crippen molar-refractivity contribution in [3.8, 4) is 5.88 Å². The zero-order valence-electron chi connectivity index (χ0n) is 17.2. The third-order valence-corrected chi connectivity index (χ3v) is 5.59. The van der Waals surface area contributed by atoms with E-state index in [0.29, 0.717) is 29.9 Å². The Balaban J connectivity index is 1.57. The highest BCUT2D eigenvalue weighted by molar-refractivity contribution is 6.31. The van der Waals surface area contributed by atoms with Gasteiger partial charge in [-0.15, -0.1) is 0 Å². The van der Waals surface area contributed by atoms with Gasteiger partial charge in [-0.25, -0.2) is 9.97 Å². The molecule has 1 unspecified atom stereocenters. The predicted molar refractivity (Wildman–Crippen MR) is 120 cm³/mol. The van der Waals surface area contributed by atoms with Crippen LogP contribution in [-0.2, 0) is 4.79 Å². The van der Waals surface area contributed by atoms with Gasteiger partial charge in [0, 0.05) is 23.8 Å². The molecule has 3 aromatic rings. The number of piperidine rings is 1. The smallest absolute Gasteiger partial charge is 0.258 e. The monoisotopic (exact) mass is 424 g/mol. The van der Waals surface area contributed by atoms with E-state index in [-0.39, 0.29) is 11.8 Å². The van der Waals surface area contributed by atoms with Crippen LogP contribution < -0.4 is 15.0 Å². The van der Waals surface area contributed by atoms with Crippen molar-refractivity contribution in [3.05, 3.63) is 53.1 Å². The topological polar surface area (TPSA) is 67.4 Å². The van der Waals surface area contributed by atoms with Gasteiger partial charge in [-0.1, -0.05) is 29.8 Å². The van der Waals surface area contributed by atoms with Crippen LogP contribution >= 0.6 is 11.6 Å². The maximum absolute atomic E-state index is 13.0. The normalized spacial score (nSPS) is 16.5. The zero-order chi connectivity index (χ0) is 21.1. The first kappa shape index (κ1) is 20.4. The number of carbonyl (C=O) groups is 1. The number of aryl methyl sites for hydroxylation is 1. The van der Waals surface area contributed by atoms with Gasteiger partial charge in [0.2, 0.25) is 5.91 Å². The van der Waals surface area contributed by atoms with Crippen molar-refractivity contribution in [1.29, 1.82) is 0 Å². The molecule has 30 heavy (non-hydrogen) atoms. The van der Waals surface area contributed by atoms with Crippen LogP contribution in [0.25, 0.3) is 11.0 Å². The number of amides is 1. The fraction of sp³-hybridized carbons (Fsp3) is 0.348. The fourth-order valence-corrected chi connectivity index (χ4v) is 3.93. The van der Waals surface area contributed by atoms with Gasteiger partial charge in [0.05, 0.1) is 23.6 Å². The number of aromatic nitrogens is 2. The van der Waals surface area contributed by atoms with E-state index in [4.69, 9.17) is 21.3 Å². The molecule has 1 saturated heterocycles. The number of hydrogen-bond donors (Lipinski definition) is 1. The van der Waals surface area contributed by atoms with Crippen LogP contribution in [0.5, 0.6) is 5.88 Å². The maximum Gasteiger partial charge on any atom is 0.258 e. The second kappa shape index (κ2) is 8.88. The van der Waals surface area contributed by atoms with Gasteiger partial charge >= 0.3 is 0 Å². The maximum atomic E-state index is 13.0. The van der Waals surface area contributed by atoms with Crippen molar-refractivity contribution in [2.45, 2.75) is 26.7 Å². The quantitative estimate of drug-likeness (QED) is 0.634. The predicted octanol–water partition coefficient (Wildman–Crippen LogP) is 4.85. The first-order valence-electron chi connectivity index (χ1n) is 10.3. The molecule has 4 rings (SSSR count). The van der Waals surface area contributed by atoms with Crippen molar-refractivity contribution >= 4 is 40.0 Å². The number of rotatable bonds is 5. The molecule has 6 nitrogen and oxygen atoms in total. The van der Waals surface area contributed by atoms with E-state index in [9.17, 15) is 4.79 Å². The minimum Gasteiger partial charge on any atom is -0.475 e. The zero-order valence-corrected chi connectivity index (χ0v) is 17.9. The highest BCUT2D eigenvalue weighted by Gasteiger charge is 2.29. The molecule has 1 amide bonds. The van der Waals surface area contributed by atoms with Crippen LogP contribution in [0.15, 0.2) is 42.5 Å². The highest BCUT2D eigenvalue weighted by atomic mass is 35.5. The first-order valence-corrected chi connectivity index (χ1v) is 10.6. The Morgan fingerprint density at radius 3 is 2.77 bits per heavy atom. The number of benzene rings is 2. The van der Waals surface area contributed by atoms with Gasteiger partial charge < -0.3 is 15.0 Å². The standard InChI is InChI=1S/C23H25ClN4O2/c1-3-30-23-21(25-18-8-4-5-9-19(18)27-23)28-12-6-7-16(14-28)22(29)26-20-13-17(24)11-10-15(20)2/h4-5,8-11,13,16H,3,6-7,12,14H2,1-2H3,(H,26,29). The van der Waals surface area contributed by atoms with E-state index in [2.05, 4.69) is 15.2 Å². The number of hydrogen-bond acceptors (Lipinski definition) is 5. The van der Waals surface area contributed by atoms with E-state index in [1.54, 1.807) is 6.07 Å². The molecule has 1 aromatic heterocycles. The third-order valence-electron chi connectivity index (χ3n) is 5.35. The molecule has 2 aromatic carbocycles. The summed E-state index contributed by atoms with van der Waals surface area (Å²) in [6.45, 7) is 5.77. The molecule has 1 aliphatic heterocycles. The summed E-state index contributed by atoms with van der Waals surface area (Å²) in [5.41, 5.74) is 3.36. The van der Waals surface area contributed by atoms with Gasteiger partial charge in [0.15, 0.2) is 5.82 Å². The summed E-state index contributed by atoms with van der Waals surface area (Å²) in [4.78, 5) is 24.6. The second-order valence-electron chi connectivity index (χ2n) is 7.51. The molecule has 1 atom stereocenters. The molecule has 1 aliphatic rings. The summed E-state index contributed by atoms with van der Waals surface area (Å²) in [7, 11) is 0. The Morgan fingerprint density at radius 2 is 2.00 bits per heavy atom. The first-order chi connectivity index (χ1) is 14.5. The molecule has 0 bridgehead atoms. The SMILES string of the molecule is CCOc1nc2ccccc2nc1N1CCCC(C(=O)Nc2cc(Cl)ccc2C)C1. The van der Waals surface area contributed by atoms with Crippen LogP contribution in [0.3, 0.4) is 0 Å². The molecule has 0 radical (unpaired) electrons. The van der Waals surface area contributed by atoms with Crippen molar-refractivity contribution < 1.29 is 9.53 Å². The molecule has 2 heterocycles. The van der Waals surface area contributed by atoms with E-state index in [0.717, 1.165) is 41.7 Å². The molecule has 1 N–H and O–H groups in total. The highest BCUT2D eigenvalue weighted by Crippen LogP contribution is 2.31. The summed E-state index contributed by atoms with van der Waals surface area (Å²) in [5.74, 6) is 1.06. The van der Waals surface area contributed by atoms with Crippen LogP contribution in [-0.4, -0.2) is 35.6 Å². The molecule has 0 aliphatic carbocycles. The number of nitrogens with zero attached hydrogens (tertiary/aromatic N) is 3. The van der Waals surface area contributed by atoms with Crippen LogP contribution in [0, 0.1) is 12.8 Å². The number of fused-ring (bicyclic) bond motifs is 1.